The maximum Gasteiger partial charge on any atom is 0.258 e. The number of nitrogens with one attached hydrogen (secondary N) is 3. The van der Waals surface area contributed by atoms with Crippen molar-refractivity contribution >= 4 is 29.1 Å². The molecule has 2 amide bonds. The quantitative estimate of drug-likeness (QED) is 0.536. The molecule has 2 aromatic rings. The van der Waals surface area contributed by atoms with Crippen molar-refractivity contribution in [1.82, 2.24) is 5.32 Å². The molecule has 3 rings (SSSR count). The Balaban J connectivity index is 1.76. The third-order valence-corrected chi connectivity index (χ3v) is 4.56. The lowest BCUT2D eigenvalue weighted by Crippen LogP contribution is -2.36. The molecule has 2 aromatic carbocycles. The molecule has 1 atom stereocenters. The van der Waals surface area contributed by atoms with Crippen molar-refractivity contribution in [3.05, 3.63) is 59.7 Å². The number of amides is 2. The Hall–Kier alpha value is -3.19. The number of rotatable bonds is 5. The zero-order valence-electron chi connectivity index (χ0n) is 16.7. The first-order valence-electron chi connectivity index (χ1n) is 9.69. The lowest BCUT2D eigenvalue weighted by atomic mass is 10.1. The lowest BCUT2D eigenvalue weighted by molar-refractivity contribution is -0.114. The van der Waals surface area contributed by atoms with Gasteiger partial charge in [0.1, 0.15) is 0 Å². The summed E-state index contributed by atoms with van der Waals surface area (Å²) in [6, 6.07) is 14.7. The maximum absolute atomic E-state index is 12.8. The van der Waals surface area contributed by atoms with Gasteiger partial charge in [-0.15, -0.1) is 0 Å². The molecule has 0 unspecified atom stereocenters. The number of aryl methyl sites for hydroxylation is 1. The van der Waals surface area contributed by atoms with Gasteiger partial charge in [0.25, 0.3) is 5.91 Å². The number of hydrogen-bond donors (Lipinski definition) is 3. The van der Waals surface area contributed by atoms with Crippen LogP contribution in [0.4, 0.5) is 11.4 Å². The molecule has 0 spiro atoms. The van der Waals surface area contributed by atoms with Gasteiger partial charge in [0.2, 0.25) is 11.9 Å². The Morgan fingerprint density at radius 3 is 2.62 bits per heavy atom. The van der Waals surface area contributed by atoms with Crippen molar-refractivity contribution in [2.45, 2.75) is 32.8 Å². The fourth-order valence-corrected chi connectivity index (χ4v) is 3.02. The average Bonchev–Trinajstić information content (AvgIpc) is 3.22. The van der Waals surface area contributed by atoms with E-state index in [1.165, 1.54) is 6.92 Å². The molecular formula is C22H26N4O3. The van der Waals surface area contributed by atoms with E-state index in [2.05, 4.69) is 20.9 Å². The number of anilines is 2. The van der Waals surface area contributed by atoms with E-state index < -0.39 is 0 Å². The van der Waals surface area contributed by atoms with Gasteiger partial charge in [-0.05, 0) is 49.6 Å². The standard InChI is InChI=1S/C22H26N4O3/c1-15-10-11-17(13-20(15)24-16(2)27)21(28)26-22(23-14-19-9-6-12-29-19)25-18-7-4-3-5-8-18/h3-5,7-8,10-11,13,19H,6,9,12,14H2,1-2H3,(H,24,27)(H2,23,25,26,28)/t19-/m0/s1. The Bertz CT molecular complexity index is 890. The summed E-state index contributed by atoms with van der Waals surface area (Å²) in [4.78, 5) is 28.7. The number of carbonyl (C=O) groups is 2. The summed E-state index contributed by atoms with van der Waals surface area (Å²) >= 11 is 0. The lowest BCUT2D eigenvalue weighted by Gasteiger charge is -2.14. The molecule has 0 radical (unpaired) electrons. The van der Waals surface area contributed by atoms with E-state index in [0.717, 1.165) is 30.7 Å². The third kappa shape index (κ3) is 6.15. The molecule has 7 heteroatoms. The van der Waals surface area contributed by atoms with Crippen molar-refractivity contribution in [3.63, 3.8) is 0 Å². The maximum atomic E-state index is 12.8. The number of para-hydroxylation sites is 1. The summed E-state index contributed by atoms with van der Waals surface area (Å²) in [5.41, 5.74) is 2.74. The Labute approximate surface area is 170 Å². The van der Waals surface area contributed by atoms with Crippen molar-refractivity contribution in [3.8, 4) is 0 Å². The minimum Gasteiger partial charge on any atom is -0.376 e. The van der Waals surface area contributed by atoms with Crippen LogP contribution in [0.2, 0.25) is 0 Å². The Morgan fingerprint density at radius 2 is 1.93 bits per heavy atom. The fourth-order valence-electron chi connectivity index (χ4n) is 3.02. The molecule has 1 saturated heterocycles. The number of carbonyl (C=O) groups excluding carboxylic acids is 2. The topological polar surface area (TPSA) is 91.8 Å². The van der Waals surface area contributed by atoms with Crippen LogP contribution in [0.25, 0.3) is 0 Å². The van der Waals surface area contributed by atoms with Crippen LogP contribution in [0.15, 0.2) is 53.5 Å². The van der Waals surface area contributed by atoms with Gasteiger partial charge in [0.05, 0.1) is 12.6 Å². The summed E-state index contributed by atoms with van der Waals surface area (Å²) in [5.74, 6) is -0.139. The van der Waals surface area contributed by atoms with E-state index in [1.807, 2.05) is 37.3 Å². The second-order valence-corrected chi connectivity index (χ2v) is 6.98. The minimum absolute atomic E-state index is 0.0743. The predicted molar refractivity (Wildman–Crippen MR) is 114 cm³/mol. The van der Waals surface area contributed by atoms with Crippen LogP contribution in [-0.2, 0) is 9.53 Å². The van der Waals surface area contributed by atoms with Gasteiger partial charge < -0.3 is 15.4 Å². The van der Waals surface area contributed by atoms with Gasteiger partial charge in [-0.1, -0.05) is 24.3 Å². The zero-order chi connectivity index (χ0) is 20.6. The van der Waals surface area contributed by atoms with E-state index in [1.54, 1.807) is 18.2 Å². The van der Waals surface area contributed by atoms with Crippen LogP contribution in [0.1, 0.15) is 35.7 Å². The molecule has 1 fully saturated rings. The summed E-state index contributed by atoms with van der Waals surface area (Å²) in [6.45, 7) is 4.54. The Morgan fingerprint density at radius 1 is 1.14 bits per heavy atom. The first-order valence-corrected chi connectivity index (χ1v) is 9.69. The van der Waals surface area contributed by atoms with Crippen LogP contribution in [0.5, 0.6) is 0 Å². The van der Waals surface area contributed by atoms with Gasteiger partial charge in [0.15, 0.2) is 0 Å². The summed E-state index contributed by atoms with van der Waals surface area (Å²) in [7, 11) is 0. The number of aliphatic imine (C=N–C) groups is 1. The van der Waals surface area contributed by atoms with E-state index in [9.17, 15) is 9.59 Å². The summed E-state index contributed by atoms with van der Waals surface area (Å²) in [6.07, 6.45) is 2.07. The average molecular weight is 394 g/mol. The van der Waals surface area contributed by atoms with Gasteiger partial charge in [-0.25, -0.2) is 4.99 Å². The molecule has 0 bridgehead atoms. The molecule has 0 saturated carbocycles. The van der Waals surface area contributed by atoms with Crippen LogP contribution < -0.4 is 16.0 Å². The van der Waals surface area contributed by atoms with E-state index >= 15 is 0 Å². The van der Waals surface area contributed by atoms with Gasteiger partial charge in [0, 0.05) is 30.5 Å². The van der Waals surface area contributed by atoms with E-state index in [0.29, 0.717) is 23.8 Å². The summed E-state index contributed by atoms with van der Waals surface area (Å²) < 4.78 is 5.62. The predicted octanol–water partition coefficient (Wildman–Crippen LogP) is 3.33. The Kier molecular flexibility index (Phi) is 6.97. The van der Waals surface area contributed by atoms with Crippen LogP contribution in [0.3, 0.4) is 0 Å². The fraction of sp³-hybridized carbons (Fsp3) is 0.318. The highest BCUT2D eigenvalue weighted by Gasteiger charge is 2.16. The monoisotopic (exact) mass is 394 g/mol. The van der Waals surface area contributed by atoms with Crippen LogP contribution >= 0.6 is 0 Å². The zero-order valence-corrected chi connectivity index (χ0v) is 16.7. The molecule has 0 aromatic heterocycles. The molecule has 1 aliphatic heterocycles. The minimum atomic E-state index is -0.314. The van der Waals surface area contributed by atoms with Crippen molar-refractivity contribution < 1.29 is 14.3 Å². The second kappa shape index (κ2) is 9.84. The summed E-state index contributed by atoms with van der Waals surface area (Å²) in [5, 5.41) is 8.73. The molecule has 152 valence electrons. The number of ether oxygens (including phenoxy) is 1. The number of nitrogens with zero attached hydrogens (tertiary/aromatic N) is 1. The van der Waals surface area contributed by atoms with Gasteiger partial charge >= 0.3 is 0 Å². The first-order chi connectivity index (χ1) is 14.0. The highest BCUT2D eigenvalue weighted by molar-refractivity contribution is 6.10. The van der Waals surface area contributed by atoms with Crippen LogP contribution in [-0.4, -0.2) is 37.0 Å². The van der Waals surface area contributed by atoms with Gasteiger partial charge in [-0.3, -0.25) is 14.9 Å². The normalized spacial score (nSPS) is 16.3. The molecule has 29 heavy (non-hydrogen) atoms. The van der Waals surface area contributed by atoms with Crippen molar-refractivity contribution in [2.24, 2.45) is 4.99 Å². The van der Waals surface area contributed by atoms with E-state index in [4.69, 9.17) is 4.74 Å². The molecule has 3 N–H and O–H groups in total. The SMILES string of the molecule is CC(=O)Nc1cc(C(=O)NC(=NC[C@@H]2CCCO2)Nc2ccccc2)ccc1C. The molecular weight excluding hydrogens is 368 g/mol. The number of benzene rings is 2. The molecule has 1 aliphatic rings. The largest absolute Gasteiger partial charge is 0.376 e. The van der Waals surface area contributed by atoms with Crippen molar-refractivity contribution in [2.75, 3.05) is 23.8 Å². The van der Waals surface area contributed by atoms with E-state index in [-0.39, 0.29) is 17.9 Å². The highest BCUT2D eigenvalue weighted by Crippen LogP contribution is 2.17. The van der Waals surface area contributed by atoms with Gasteiger partial charge in [-0.2, -0.15) is 0 Å². The third-order valence-electron chi connectivity index (χ3n) is 4.56. The van der Waals surface area contributed by atoms with Crippen molar-refractivity contribution in [1.29, 1.82) is 0 Å². The highest BCUT2D eigenvalue weighted by atomic mass is 16.5. The smallest absolute Gasteiger partial charge is 0.258 e. The number of hydrogen-bond acceptors (Lipinski definition) is 4. The first kappa shape index (κ1) is 20.5. The molecule has 1 heterocycles. The van der Waals surface area contributed by atoms with Crippen LogP contribution in [0, 0.1) is 6.92 Å². The molecule has 0 aliphatic carbocycles. The molecule has 7 nitrogen and oxygen atoms in total. The second-order valence-electron chi connectivity index (χ2n) is 6.98. The number of guanidine groups is 1.